The minimum Gasteiger partial charge on any atom is -0.368 e. The van der Waals surface area contributed by atoms with Crippen LogP contribution < -0.4 is 10.2 Å². The predicted octanol–water partition coefficient (Wildman–Crippen LogP) is 2.32. The van der Waals surface area contributed by atoms with Crippen LogP contribution in [0.2, 0.25) is 0 Å². The summed E-state index contributed by atoms with van der Waals surface area (Å²) < 4.78 is 1.87. The average Bonchev–Trinajstić information content (AvgIpc) is 3.18. The molecule has 2 saturated heterocycles. The highest BCUT2D eigenvalue weighted by atomic mass is 35.5. The van der Waals surface area contributed by atoms with Crippen LogP contribution in [0.25, 0.3) is 0 Å². The van der Waals surface area contributed by atoms with Gasteiger partial charge in [0.15, 0.2) is 5.69 Å². The van der Waals surface area contributed by atoms with E-state index in [9.17, 15) is 4.79 Å². The van der Waals surface area contributed by atoms with Gasteiger partial charge in [-0.1, -0.05) is 17.3 Å². The molecular formula is C19H28Cl2N6O. The number of aromatic nitrogens is 3. The summed E-state index contributed by atoms with van der Waals surface area (Å²) in [5.74, 6) is -0.00548. The summed E-state index contributed by atoms with van der Waals surface area (Å²) in [6, 6.07) is 8.87. The van der Waals surface area contributed by atoms with Crippen molar-refractivity contribution in [3.63, 3.8) is 0 Å². The van der Waals surface area contributed by atoms with Crippen LogP contribution in [0.5, 0.6) is 0 Å². The van der Waals surface area contributed by atoms with Gasteiger partial charge in [0.05, 0.1) is 12.2 Å². The SMILES string of the molecule is Cc1cccc(N2CCN(C(=O)c3cn(C4CCNCC4)nn3)CC2)c1.Cl.Cl. The number of piperidine rings is 1. The molecule has 0 unspecified atom stereocenters. The average molecular weight is 427 g/mol. The molecule has 0 radical (unpaired) electrons. The molecule has 1 aromatic heterocycles. The second-order valence-electron chi connectivity index (χ2n) is 7.18. The van der Waals surface area contributed by atoms with Gasteiger partial charge in [0, 0.05) is 31.9 Å². The highest BCUT2D eigenvalue weighted by molar-refractivity contribution is 5.92. The van der Waals surface area contributed by atoms with Gasteiger partial charge in [-0.25, -0.2) is 4.68 Å². The van der Waals surface area contributed by atoms with E-state index < -0.39 is 0 Å². The molecule has 0 spiro atoms. The van der Waals surface area contributed by atoms with Crippen molar-refractivity contribution in [2.24, 2.45) is 0 Å². The molecule has 4 rings (SSSR count). The van der Waals surface area contributed by atoms with E-state index in [0.29, 0.717) is 24.8 Å². The number of carbonyl (C=O) groups is 1. The molecule has 7 nitrogen and oxygen atoms in total. The highest BCUT2D eigenvalue weighted by Gasteiger charge is 2.25. The van der Waals surface area contributed by atoms with E-state index >= 15 is 0 Å². The van der Waals surface area contributed by atoms with E-state index in [-0.39, 0.29) is 30.7 Å². The Morgan fingerprint density at radius 1 is 1.11 bits per heavy atom. The van der Waals surface area contributed by atoms with Crippen LogP contribution in [-0.2, 0) is 0 Å². The number of aryl methyl sites for hydroxylation is 1. The monoisotopic (exact) mass is 426 g/mol. The third-order valence-corrected chi connectivity index (χ3v) is 5.35. The van der Waals surface area contributed by atoms with Gasteiger partial charge in [0.25, 0.3) is 5.91 Å². The molecule has 0 atom stereocenters. The normalized spacial score (nSPS) is 17.6. The number of halogens is 2. The number of benzene rings is 1. The van der Waals surface area contributed by atoms with Crippen molar-refractivity contribution in [3.05, 3.63) is 41.7 Å². The lowest BCUT2D eigenvalue weighted by molar-refractivity contribution is 0.0740. The van der Waals surface area contributed by atoms with Gasteiger partial charge in [0.1, 0.15) is 0 Å². The van der Waals surface area contributed by atoms with E-state index in [0.717, 1.165) is 39.0 Å². The molecule has 28 heavy (non-hydrogen) atoms. The Kier molecular flexibility index (Phi) is 8.10. The van der Waals surface area contributed by atoms with Crippen molar-refractivity contribution in [2.45, 2.75) is 25.8 Å². The molecular weight excluding hydrogens is 399 g/mol. The van der Waals surface area contributed by atoms with Crippen molar-refractivity contribution >= 4 is 36.4 Å². The number of anilines is 1. The Labute approximate surface area is 178 Å². The number of amides is 1. The highest BCUT2D eigenvalue weighted by Crippen LogP contribution is 2.20. The molecule has 1 N–H and O–H groups in total. The number of hydrogen-bond acceptors (Lipinski definition) is 5. The topological polar surface area (TPSA) is 66.3 Å². The lowest BCUT2D eigenvalue weighted by Gasteiger charge is -2.35. The van der Waals surface area contributed by atoms with Crippen molar-refractivity contribution < 1.29 is 4.79 Å². The zero-order chi connectivity index (χ0) is 17.9. The molecule has 0 aliphatic carbocycles. The smallest absolute Gasteiger partial charge is 0.276 e. The van der Waals surface area contributed by atoms with Gasteiger partial charge in [-0.15, -0.1) is 29.9 Å². The lowest BCUT2D eigenvalue weighted by atomic mass is 10.1. The maximum absolute atomic E-state index is 12.8. The number of hydrogen-bond donors (Lipinski definition) is 1. The first-order valence-electron chi connectivity index (χ1n) is 9.44. The maximum Gasteiger partial charge on any atom is 0.276 e. The fourth-order valence-electron chi connectivity index (χ4n) is 3.78. The van der Waals surface area contributed by atoms with Gasteiger partial charge in [0.2, 0.25) is 0 Å². The van der Waals surface area contributed by atoms with Crippen LogP contribution in [0.15, 0.2) is 30.5 Å². The standard InChI is InChI=1S/C19H26N6O.2ClH/c1-15-3-2-4-17(13-15)23-9-11-24(12-10-23)19(26)18-14-25(22-21-18)16-5-7-20-8-6-16;;/h2-4,13-14,16,20H,5-12H2,1H3;2*1H. The third-order valence-electron chi connectivity index (χ3n) is 5.35. The second-order valence-corrected chi connectivity index (χ2v) is 7.18. The number of nitrogens with one attached hydrogen (secondary N) is 1. The zero-order valence-corrected chi connectivity index (χ0v) is 17.7. The minimum absolute atomic E-state index is 0. The Morgan fingerprint density at radius 2 is 1.82 bits per heavy atom. The predicted molar refractivity (Wildman–Crippen MR) is 115 cm³/mol. The number of nitrogens with zero attached hydrogens (tertiary/aromatic N) is 5. The van der Waals surface area contributed by atoms with E-state index in [1.807, 2.05) is 15.8 Å². The lowest BCUT2D eigenvalue weighted by Crippen LogP contribution is -2.48. The van der Waals surface area contributed by atoms with Crippen LogP contribution in [0.4, 0.5) is 5.69 Å². The number of piperazine rings is 1. The Morgan fingerprint density at radius 3 is 2.50 bits per heavy atom. The number of carbonyl (C=O) groups excluding carboxylic acids is 1. The Balaban J connectivity index is 0.00000140. The van der Waals surface area contributed by atoms with Crippen molar-refractivity contribution in [2.75, 3.05) is 44.2 Å². The van der Waals surface area contributed by atoms with Gasteiger partial charge in [-0.3, -0.25) is 4.79 Å². The van der Waals surface area contributed by atoms with Crippen LogP contribution in [0, 0.1) is 6.92 Å². The molecule has 0 bridgehead atoms. The quantitative estimate of drug-likeness (QED) is 0.815. The first-order chi connectivity index (χ1) is 12.7. The third kappa shape index (κ3) is 4.96. The van der Waals surface area contributed by atoms with Crippen LogP contribution >= 0.6 is 24.8 Å². The van der Waals surface area contributed by atoms with Crippen LogP contribution in [0.3, 0.4) is 0 Å². The molecule has 9 heteroatoms. The van der Waals surface area contributed by atoms with E-state index in [1.54, 1.807) is 0 Å². The largest absolute Gasteiger partial charge is 0.368 e. The molecule has 0 saturated carbocycles. The summed E-state index contributed by atoms with van der Waals surface area (Å²) in [6.07, 6.45) is 3.89. The molecule has 2 aliphatic heterocycles. The first kappa shape index (κ1) is 22.5. The summed E-state index contributed by atoms with van der Waals surface area (Å²) in [5, 5.41) is 11.7. The van der Waals surface area contributed by atoms with E-state index in [4.69, 9.17) is 0 Å². The molecule has 154 valence electrons. The fraction of sp³-hybridized carbons (Fsp3) is 0.526. The van der Waals surface area contributed by atoms with Crippen LogP contribution in [-0.4, -0.2) is 65.1 Å². The summed E-state index contributed by atoms with van der Waals surface area (Å²) in [7, 11) is 0. The summed E-state index contributed by atoms with van der Waals surface area (Å²) in [5.41, 5.74) is 2.96. The van der Waals surface area contributed by atoms with Gasteiger partial charge >= 0.3 is 0 Å². The van der Waals surface area contributed by atoms with Crippen molar-refractivity contribution in [1.29, 1.82) is 0 Å². The van der Waals surface area contributed by atoms with Crippen molar-refractivity contribution in [3.8, 4) is 0 Å². The maximum atomic E-state index is 12.8. The van der Waals surface area contributed by atoms with E-state index in [1.165, 1.54) is 11.3 Å². The van der Waals surface area contributed by atoms with Gasteiger partial charge < -0.3 is 15.1 Å². The molecule has 2 fully saturated rings. The van der Waals surface area contributed by atoms with Crippen molar-refractivity contribution in [1.82, 2.24) is 25.2 Å². The Hall–Kier alpha value is -1.83. The molecule has 2 aromatic rings. The number of rotatable bonds is 3. The summed E-state index contributed by atoms with van der Waals surface area (Å²) in [6.45, 7) is 7.22. The van der Waals surface area contributed by atoms with Crippen LogP contribution in [0.1, 0.15) is 34.9 Å². The second kappa shape index (κ2) is 10.1. The molecule has 3 heterocycles. The van der Waals surface area contributed by atoms with E-state index in [2.05, 4.69) is 51.7 Å². The zero-order valence-electron chi connectivity index (χ0n) is 16.1. The van der Waals surface area contributed by atoms with Gasteiger partial charge in [-0.05, 0) is 50.6 Å². The minimum atomic E-state index is -0.00548. The summed E-state index contributed by atoms with van der Waals surface area (Å²) in [4.78, 5) is 17.0. The van der Waals surface area contributed by atoms with Gasteiger partial charge in [-0.2, -0.15) is 0 Å². The summed E-state index contributed by atoms with van der Waals surface area (Å²) >= 11 is 0. The molecule has 2 aliphatic rings. The molecule has 1 aromatic carbocycles. The first-order valence-corrected chi connectivity index (χ1v) is 9.44. The Bertz CT molecular complexity index is 769. The fourth-order valence-corrected chi connectivity index (χ4v) is 3.78. The molecule has 1 amide bonds.